The maximum atomic E-state index is 11.4. The first kappa shape index (κ1) is 17.2. The molecule has 22 heavy (non-hydrogen) atoms. The first-order chi connectivity index (χ1) is 9.87. The minimum absolute atomic E-state index is 0.323. The molecule has 0 N–H and O–H groups in total. The normalized spacial score (nSPS) is 47.8. The minimum Gasteiger partial charge on any atom is -0.267 e. The van der Waals surface area contributed by atoms with Crippen LogP contribution >= 0.6 is 23.2 Å². The highest BCUT2D eigenvalue weighted by atomic mass is 35.5. The van der Waals surface area contributed by atoms with Gasteiger partial charge in [0.1, 0.15) is 0 Å². The summed E-state index contributed by atoms with van der Waals surface area (Å²) in [6.45, 7) is 0. The van der Waals surface area contributed by atoms with Crippen molar-refractivity contribution >= 4 is 43.4 Å². The Labute approximate surface area is 140 Å². The first-order valence-electron chi connectivity index (χ1n) is 7.02. The van der Waals surface area contributed by atoms with E-state index in [2.05, 4.69) is 0 Å². The van der Waals surface area contributed by atoms with E-state index in [9.17, 15) is 16.8 Å². The smallest absolute Gasteiger partial charge is 0.264 e. The molecule has 0 spiro atoms. The Kier molecular flexibility index (Phi) is 3.88. The molecule has 6 nitrogen and oxygen atoms in total. The number of rotatable bonds is 4. The van der Waals surface area contributed by atoms with Gasteiger partial charge in [-0.1, -0.05) is 0 Å². The zero-order valence-electron chi connectivity index (χ0n) is 12.2. The largest absolute Gasteiger partial charge is 0.267 e. The van der Waals surface area contributed by atoms with Crippen molar-refractivity contribution in [1.82, 2.24) is 0 Å². The van der Waals surface area contributed by atoms with Crippen molar-refractivity contribution in [3.63, 3.8) is 0 Å². The predicted octanol–water partition coefficient (Wildman–Crippen LogP) is 1.46. The van der Waals surface area contributed by atoms with E-state index in [4.69, 9.17) is 31.6 Å². The molecule has 0 aromatic carbocycles. The van der Waals surface area contributed by atoms with Crippen LogP contribution in [-0.4, -0.2) is 51.3 Å². The summed E-state index contributed by atoms with van der Waals surface area (Å²) in [6.07, 6.45) is 2.90. The van der Waals surface area contributed by atoms with Crippen molar-refractivity contribution in [1.29, 1.82) is 0 Å². The van der Waals surface area contributed by atoms with Gasteiger partial charge in [-0.15, -0.1) is 23.2 Å². The van der Waals surface area contributed by atoms with Crippen LogP contribution in [0, 0.1) is 11.8 Å². The van der Waals surface area contributed by atoms with E-state index in [-0.39, 0.29) is 11.8 Å². The van der Waals surface area contributed by atoms with E-state index in [1.165, 1.54) is 0 Å². The molecule has 0 heterocycles. The Bertz CT molecular complexity index is 632. The lowest BCUT2D eigenvalue weighted by Gasteiger charge is -2.60. The first-order valence-corrected chi connectivity index (χ1v) is 11.4. The van der Waals surface area contributed by atoms with Crippen molar-refractivity contribution in [2.45, 2.75) is 47.6 Å². The van der Waals surface area contributed by atoms with Gasteiger partial charge in [-0.05, 0) is 25.7 Å². The Morgan fingerprint density at radius 2 is 1.14 bits per heavy atom. The highest BCUT2D eigenvalue weighted by Gasteiger charge is 2.79. The van der Waals surface area contributed by atoms with Gasteiger partial charge in [0.2, 0.25) is 0 Å². The van der Waals surface area contributed by atoms with Crippen LogP contribution in [0.1, 0.15) is 25.7 Å². The van der Waals surface area contributed by atoms with Crippen LogP contribution in [0.4, 0.5) is 0 Å². The van der Waals surface area contributed by atoms with Crippen LogP contribution < -0.4 is 0 Å². The molecular weight excluding hydrogens is 375 g/mol. The Balaban J connectivity index is 1.89. The fourth-order valence-corrected chi connectivity index (χ4v) is 7.10. The average molecular weight is 393 g/mol. The summed E-state index contributed by atoms with van der Waals surface area (Å²) in [5.74, 6) is -0.647. The molecule has 0 amide bonds. The molecule has 10 heteroatoms. The van der Waals surface area contributed by atoms with E-state index in [0.717, 1.165) is 12.5 Å². The zero-order valence-corrected chi connectivity index (χ0v) is 15.3. The Morgan fingerprint density at radius 1 is 0.818 bits per heavy atom. The van der Waals surface area contributed by atoms with E-state index in [0.29, 0.717) is 25.7 Å². The SMILES string of the molecule is CS(=O)(=O)OC1CCC2(Cl)C1C1C(OS(C)(=O)=O)CCC12Cl. The molecule has 0 saturated heterocycles. The van der Waals surface area contributed by atoms with Crippen molar-refractivity contribution in [2.75, 3.05) is 12.5 Å². The highest BCUT2D eigenvalue weighted by Crippen LogP contribution is 2.73. The van der Waals surface area contributed by atoms with Gasteiger partial charge in [0.15, 0.2) is 0 Å². The fourth-order valence-electron chi connectivity index (χ4n) is 4.56. The lowest BCUT2D eigenvalue weighted by Crippen LogP contribution is -2.69. The van der Waals surface area contributed by atoms with Gasteiger partial charge in [0.05, 0.1) is 34.5 Å². The fraction of sp³-hybridized carbons (Fsp3) is 1.00. The molecule has 3 fully saturated rings. The van der Waals surface area contributed by atoms with Crippen molar-refractivity contribution in [2.24, 2.45) is 11.8 Å². The summed E-state index contributed by atoms with van der Waals surface area (Å²) in [6, 6.07) is 0. The van der Waals surface area contributed by atoms with Crippen LogP contribution in [0.25, 0.3) is 0 Å². The number of halogens is 2. The molecule has 0 aromatic heterocycles. The third kappa shape index (κ3) is 2.50. The third-order valence-corrected chi connectivity index (χ3v) is 7.96. The third-order valence-electron chi connectivity index (χ3n) is 5.12. The van der Waals surface area contributed by atoms with Crippen molar-refractivity contribution in [3.05, 3.63) is 0 Å². The predicted molar refractivity (Wildman–Crippen MR) is 82.0 cm³/mol. The molecule has 0 aliphatic heterocycles. The summed E-state index contributed by atoms with van der Waals surface area (Å²) >= 11 is 13.4. The van der Waals surface area contributed by atoms with Crippen molar-refractivity contribution < 1.29 is 25.2 Å². The lowest BCUT2D eigenvalue weighted by molar-refractivity contribution is -0.0316. The summed E-state index contributed by atoms with van der Waals surface area (Å²) in [5, 5.41) is 0. The van der Waals surface area contributed by atoms with Crippen LogP contribution in [0.15, 0.2) is 0 Å². The van der Waals surface area contributed by atoms with Crippen LogP contribution in [0.2, 0.25) is 0 Å². The second-order valence-corrected chi connectivity index (χ2v) is 11.1. The second-order valence-electron chi connectivity index (χ2n) is 6.53. The van der Waals surface area contributed by atoms with E-state index < -0.39 is 42.2 Å². The van der Waals surface area contributed by atoms with Gasteiger partial charge in [0.25, 0.3) is 20.2 Å². The number of hydrogen-bond donors (Lipinski definition) is 0. The topological polar surface area (TPSA) is 86.7 Å². The summed E-state index contributed by atoms with van der Waals surface area (Å²) < 4.78 is 56.0. The van der Waals surface area contributed by atoms with Gasteiger partial charge in [-0.25, -0.2) is 0 Å². The van der Waals surface area contributed by atoms with Crippen LogP contribution in [0.5, 0.6) is 0 Å². The summed E-state index contributed by atoms with van der Waals surface area (Å²) in [5.41, 5.74) is 0. The number of fused-ring (bicyclic) bond motifs is 4. The van der Waals surface area contributed by atoms with Crippen LogP contribution in [-0.2, 0) is 28.6 Å². The van der Waals surface area contributed by atoms with E-state index in [1.54, 1.807) is 0 Å². The van der Waals surface area contributed by atoms with Crippen molar-refractivity contribution in [3.8, 4) is 0 Å². The molecule has 3 rings (SSSR count). The standard InChI is InChI=1S/C12H18Cl2O6S2/c1-21(15,16)19-7-3-5-11(13)9(7)10-8(20-22(2,17)18)4-6-12(10,11)14/h7-10H,3-6H2,1-2H3. The van der Waals surface area contributed by atoms with Gasteiger partial charge >= 0.3 is 0 Å². The monoisotopic (exact) mass is 392 g/mol. The summed E-state index contributed by atoms with van der Waals surface area (Å²) in [4.78, 5) is -1.52. The van der Waals surface area contributed by atoms with E-state index in [1.807, 2.05) is 0 Å². The van der Waals surface area contributed by atoms with Crippen LogP contribution in [0.3, 0.4) is 0 Å². The van der Waals surface area contributed by atoms with Gasteiger partial charge < -0.3 is 0 Å². The minimum atomic E-state index is -3.62. The highest BCUT2D eigenvalue weighted by molar-refractivity contribution is 7.86. The maximum absolute atomic E-state index is 11.4. The average Bonchev–Trinajstić information content (AvgIpc) is 2.73. The molecule has 3 aliphatic rings. The molecular formula is C12H18Cl2O6S2. The molecule has 3 aliphatic carbocycles. The maximum Gasteiger partial charge on any atom is 0.264 e. The lowest BCUT2D eigenvalue weighted by atomic mass is 9.57. The van der Waals surface area contributed by atoms with E-state index >= 15 is 0 Å². The molecule has 0 radical (unpaired) electrons. The second kappa shape index (κ2) is 4.95. The molecule has 128 valence electrons. The van der Waals surface area contributed by atoms with Gasteiger partial charge in [-0.2, -0.15) is 16.8 Å². The Morgan fingerprint density at radius 3 is 1.41 bits per heavy atom. The van der Waals surface area contributed by atoms with Gasteiger partial charge in [0, 0.05) is 11.8 Å². The van der Waals surface area contributed by atoms with Gasteiger partial charge in [-0.3, -0.25) is 8.37 Å². The zero-order chi connectivity index (χ0) is 16.6. The Hall–Kier alpha value is 0.400. The molecule has 6 unspecified atom stereocenters. The quantitative estimate of drug-likeness (QED) is 0.531. The molecule has 6 atom stereocenters. The molecule has 3 saturated carbocycles. The number of alkyl halides is 2. The molecule has 0 bridgehead atoms. The summed E-state index contributed by atoms with van der Waals surface area (Å²) in [7, 11) is -7.24. The number of hydrogen-bond acceptors (Lipinski definition) is 6. The molecule has 0 aromatic rings.